The van der Waals surface area contributed by atoms with Crippen molar-refractivity contribution >= 4 is 22.8 Å². The number of hydrogen-bond donors (Lipinski definition) is 3. The number of aryl methyl sites for hydroxylation is 1. The van der Waals surface area contributed by atoms with Gasteiger partial charge < -0.3 is 24.6 Å². The van der Waals surface area contributed by atoms with Crippen molar-refractivity contribution < 1.29 is 14.8 Å². The third kappa shape index (κ3) is 5.12. The van der Waals surface area contributed by atoms with E-state index in [0.717, 1.165) is 0 Å². The first-order valence-electron chi connectivity index (χ1n) is 9.81. The third-order valence-electron chi connectivity index (χ3n) is 4.73. The molecule has 0 unspecified atom stereocenters. The number of rotatable bonds is 10. The topological polar surface area (TPSA) is 161 Å². The summed E-state index contributed by atoms with van der Waals surface area (Å²) in [6.45, 7) is 1.06. The molecule has 1 aromatic carbocycles. The van der Waals surface area contributed by atoms with Crippen molar-refractivity contribution in [3.05, 3.63) is 55.2 Å². The number of benzene rings is 1. The van der Waals surface area contributed by atoms with Crippen LogP contribution in [0.3, 0.4) is 0 Å². The summed E-state index contributed by atoms with van der Waals surface area (Å²) in [6.07, 6.45) is -1.03. The van der Waals surface area contributed by atoms with Gasteiger partial charge in [-0.15, -0.1) is 0 Å². The first-order valence-corrected chi connectivity index (χ1v) is 9.81. The Morgan fingerprint density at radius 1 is 1.31 bits per heavy atom. The number of aromatic nitrogens is 4. The fourth-order valence-corrected chi connectivity index (χ4v) is 3.06. The number of aliphatic hydroxyl groups is 1. The second-order valence-corrected chi connectivity index (χ2v) is 7.48. The van der Waals surface area contributed by atoms with Crippen molar-refractivity contribution in [3.63, 3.8) is 0 Å². The standard InChI is InChI=1S/C19H25N7O6/c1-23(2)9-8-20-18-21-16-15(17(28)22-19(29)24(16)3)25(18)10-13(27)11-32-14-6-4-12(5-7-14)26(30)31/h4-7,13,27H,8-11H2,1-3H3,(H,20,21)(H,22,28,29)/t13-/m0/s1. The summed E-state index contributed by atoms with van der Waals surface area (Å²) < 4.78 is 8.25. The van der Waals surface area contributed by atoms with Gasteiger partial charge >= 0.3 is 5.69 Å². The Morgan fingerprint density at radius 3 is 2.62 bits per heavy atom. The molecule has 0 aliphatic rings. The Morgan fingerprint density at radius 2 is 2.00 bits per heavy atom. The molecule has 0 spiro atoms. The molecule has 0 saturated heterocycles. The summed E-state index contributed by atoms with van der Waals surface area (Å²) in [6, 6.07) is 5.48. The molecule has 0 amide bonds. The largest absolute Gasteiger partial charge is 0.491 e. The minimum absolute atomic E-state index is 0.0327. The second kappa shape index (κ2) is 9.62. The normalized spacial score (nSPS) is 12.3. The predicted octanol–water partition coefficient (Wildman–Crippen LogP) is -0.255. The molecule has 2 heterocycles. The Hall–Kier alpha value is -3.71. The summed E-state index contributed by atoms with van der Waals surface area (Å²) in [5, 5.41) is 24.4. The van der Waals surface area contributed by atoms with Crippen LogP contribution >= 0.6 is 0 Å². The molecule has 0 bridgehead atoms. The number of nitro groups is 1. The molecule has 3 rings (SSSR count). The number of ether oxygens (including phenoxy) is 1. The maximum Gasteiger partial charge on any atom is 0.329 e. The van der Waals surface area contributed by atoms with Crippen molar-refractivity contribution in [1.29, 1.82) is 0 Å². The number of likely N-dealkylation sites (N-methyl/N-ethyl adjacent to an activating group) is 1. The van der Waals surface area contributed by atoms with Gasteiger partial charge in [0.2, 0.25) is 5.95 Å². The minimum atomic E-state index is -1.03. The molecule has 0 radical (unpaired) electrons. The number of non-ortho nitro benzene ring substituents is 1. The maximum absolute atomic E-state index is 12.5. The van der Waals surface area contributed by atoms with E-state index >= 15 is 0 Å². The van der Waals surface area contributed by atoms with Crippen LogP contribution in [0.4, 0.5) is 11.6 Å². The average Bonchev–Trinajstić information content (AvgIpc) is 3.09. The zero-order valence-corrected chi connectivity index (χ0v) is 17.9. The predicted molar refractivity (Wildman–Crippen MR) is 117 cm³/mol. The van der Waals surface area contributed by atoms with Crippen LogP contribution in [-0.2, 0) is 13.6 Å². The Bertz CT molecular complexity index is 1210. The number of fused-ring (bicyclic) bond motifs is 1. The van der Waals surface area contributed by atoms with E-state index in [9.17, 15) is 24.8 Å². The molecule has 13 heteroatoms. The number of nitrogens with one attached hydrogen (secondary N) is 2. The van der Waals surface area contributed by atoms with Crippen molar-refractivity contribution in [1.82, 2.24) is 24.0 Å². The molecule has 3 aromatic rings. The average molecular weight is 447 g/mol. The number of aromatic amines is 1. The molecule has 13 nitrogen and oxygen atoms in total. The second-order valence-electron chi connectivity index (χ2n) is 7.48. The Balaban J connectivity index is 1.82. The molecule has 2 aromatic heterocycles. The van der Waals surface area contributed by atoms with E-state index in [1.807, 2.05) is 19.0 Å². The quantitative estimate of drug-likeness (QED) is 0.281. The highest BCUT2D eigenvalue weighted by atomic mass is 16.6. The molecular formula is C19H25N7O6. The molecule has 0 saturated carbocycles. The van der Waals surface area contributed by atoms with Crippen LogP contribution in [0.15, 0.2) is 33.9 Å². The Labute approximate surface area is 182 Å². The van der Waals surface area contributed by atoms with Gasteiger partial charge in [-0.05, 0) is 26.2 Å². The van der Waals surface area contributed by atoms with Crippen molar-refractivity contribution in [2.75, 3.05) is 39.1 Å². The van der Waals surface area contributed by atoms with E-state index in [1.54, 1.807) is 0 Å². The Kier molecular flexibility index (Phi) is 6.90. The monoisotopic (exact) mass is 447 g/mol. The first-order chi connectivity index (χ1) is 15.2. The van der Waals surface area contributed by atoms with Gasteiger partial charge in [-0.1, -0.05) is 0 Å². The molecule has 3 N–H and O–H groups in total. The van der Waals surface area contributed by atoms with Crippen LogP contribution < -0.4 is 21.3 Å². The highest BCUT2D eigenvalue weighted by Crippen LogP contribution is 2.19. The fraction of sp³-hybridized carbons (Fsp3) is 0.421. The molecule has 0 fully saturated rings. The van der Waals surface area contributed by atoms with Crippen LogP contribution in [0.5, 0.6) is 5.75 Å². The number of nitrogens with zero attached hydrogens (tertiary/aromatic N) is 5. The lowest BCUT2D eigenvalue weighted by Crippen LogP contribution is -2.31. The van der Waals surface area contributed by atoms with Gasteiger partial charge in [-0.3, -0.25) is 24.5 Å². The van der Waals surface area contributed by atoms with Crippen molar-refractivity contribution in [2.45, 2.75) is 12.6 Å². The smallest absolute Gasteiger partial charge is 0.329 e. The van der Waals surface area contributed by atoms with E-state index < -0.39 is 22.3 Å². The van der Waals surface area contributed by atoms with Crippen molar-refractivity contribution in [2.24, 2.45) is 7.05 Å². The van der Waals surface area contributed by atoms with Crippen LogP contribution in [0, 0.1) is 10.1 Å². The fourth-order valence-electron chi connectivity index (χ4n) is 3.06. The maximum atomic E-state index is 12.5. The SMILES string of the molecule is CN(C)CCNc1nc2c(c(=O)[nH]c(=O)n2C)n1C[C@H](O)COc1ccc([N+](=O)[O-])cc1. The number of imidazole rings is 1. The summed E-state index contributed by atoms with van der Waals surface area (Å²) in [5.41, 5.74) is -0.932. The number of nitro benzene ring substituents is 1. The van der Waals surface area contributed by atoms with Gasteiger partial charge in [0.25, 0.3) is 11.2 Å². The lowest BCUT2D eigenvalue weighted by Gasteiger charge is -2.16. The zero-order valence-electron chi connectivity index (χ0n) is 17.9. The van der Waals surface area contributed by atoms with E-state index in [4.69, 9.17) is 4.74 Å². The molecule has 1 atom stereocenters. The molecule has 172 valence electrons. The summed E-state index contributed by atoms with van der Waals surface area (Å²) >= 11 is 0. The number of aliphatic hydroxyl groups excluding tert-OH is 1. The van der Waals surface area contributed by atoms with Crippen LogP contribution in [0.25, 0.3) is 11.2 Å². The number of anilines is 1. The van der Waals surface area contributed by atoms with Gasteiger partial charge in [-0.2, -0.15) is 4.98 Å². The van der Waals surface area contributed by atoms with Gasteiger partial charge in [0.15, 0.2) is 11.2 Å². The summed E-state index contributed by atoms with van der Waals surface area (Å²) in [5.74, 6) is 0.692. The molecule has 32 heavy (non-hydrogen) atoms. The minimum Gasteiger partial charge on any atom is -0.491 e. The van der Waals surface area contributed by atoms with E-state index in [0.29, 0.717) is 24.8 Å². The van der Waals surface area contributed by atoms with E-state index in [-0.39, 0.29) is 30.0 Å². The molecule has 0 aliphatic heterocycles. The number of hydrogen-bond acceptors (Lipinski definition) is 9. The first kappa shape index (κ1) is 23.0. The summed E-state index contributed by atoms with van der Waals surface area (Å²) in [7, 11) is 5.33. The van der Waals surface area contributed by atoms with Crippen LogP contribution in [0.2, 0.25) is 0 Å². The molecule has 0 aliphatic carbocycles. The number of H-pyrrole nitrogens is 1. The highest BCUT2D eigenvalue weighted by Gasteiger charge is 2.20. The third-order valence-corrected chi connectivity index (χ3v) is 4.73. The van der Waals surface area contributed by atoms with E-state index in [1.165, 1.54) is 40.4 Å². The zero-order chi connectivity index (χ0) is 23.4. The summed E-state index contributed by atoms with van der Waals surface area (Å²) in [4.78, 5) is 43.2. The van der Waals surface area contributed by atoms with Crippen molar-refractivity contribution in [3.8, 4) is 5.75 Å². The lowest BCUT2D eigenvalue weighted by atomic mass is 10.3. The molecular weight excluding hydrogens is 422 g/mol. The van der Waals surface area contributed by atoms with Crippen LogP contribution in [0.1, 0.15) is 0 Å². The van der Waals surface area contributed by atoms with Gasteiger partial charge in [0, 0.05) is 32.3 Å². The van der Waals surface area contributed by atoms with Crippen LogP contribution in [-0.4, -0.2) is 73.9 Å². The lowest BCUT2D eigenvalue weighted by molar-refractivity contribution is -0.384. The van der Waals surface area contributed by atoms with E-state index in [2.05, 4.69) is 15.3 Å². The van der Waals surface area contributed by atoms with Gasteiger partial charge in [0.1, 0.15) is 18.5 Å². The highest BCUT2D eigenvalue weighted by molar-refractivity contribution is 5.74. The van der Waals surface area contributed by atoms with Gasteiger partial charge in [-0.25, -0.2) is 4.79 Å². The van der Waals surface area contributed by atoms with Gasteiger partial charge in [0.05, 0.1) is 11.5 Å².